The molecule has 0 aromatic heterocycles. The molecule has 266 valence electrons. The smallest absolute Gasteiger partial charge is 0.408 e. The van der Waals surface area contributed by atoms with E-state index in [4.69, 9.17) is 23.7 Å². The lowest BCUT2D eigenvalue weighted by Gasteiger charge is -2.42. The van der Waals surface area contributed by atoms with Crippen LogP contribution in [0.5, 0.6) is 0 Å². The van der Waals surface area contributed by atoms with Crippen molar-refractivity contribution in [1.82, 2.24) is 16.0 Å². The SMILES string of the molecule is CC(C)[C@H](NC(=O)OC(C)(C)C)C(=O)N[C@H](C(=O)N[C@@H](COCc1ccccc1)C(=O)OC[C@H](C)[C@H]1OC(C)(C)OC[C@@H]1C)[C@@H](C)O. The first kappa shape index (κ1) is 39.9. The number of amides is 3. The van der Waals surface area contributed by atoms with E-state index in [0.29, 0.717) is 6.61 Å². The third-order valence-corrected chi connectivity index (χ3v) is 7.40. The number of nitrogens with one attached hydrogen (secondary N) is 3. The molecule has 4 N–H and O–H groups in total. The molecule has 0 bridgehead atoms. The maximum absolute atomic E-state index is 13.5. The third kappa shape index (κ3) is 13.8. The lowest BCUT2D eigenvalue weighted by atomic mass is 9.93. The van der Waals surface area contributed by atoms with Crippen molar-refractivity contribution in [3.8, 4) is 0 Å². The van der Waals surface area contributed by atoms with Crippen molar-refractivity contribution in [2.45, 2.75) is 118 Å². The van der Waals surface area contributed by atoms with E-state index < -0.39 is 59.5 Å². The van der Waals surface area contributed by atoms with Crippen molar-refractivity contribution < 1.29 is 48.0 Å². The van der Waals surface area contributed by atoms with Gasteiger partial charge in [0.15, 0.2) is 11.8 Å². The standard InChI is InChI=1S/C34H55N3O10/c1-20(2)26(37-32(42)47-33(6,7)8)29(39)36-27(23(5)38)30(40)35-25(19-43-18-24-14-12-11-13-15-24)31(41)44-16-21(3)28-22(4)17-45-34(9,10)46-28/h11-15,20-23,25-28,38H,16-19H2,1-10H3,(H,35,40)(H,36,39)(H,37,42)/t21-,22-,23+,25-,26-,27-,28+/m0/s1. The normalized spacial score (nSPS) is 21.0. The number of hydrogen-bond acceptors (Lipinski definition) is 10. The zero-order valence-corrected chi connectivity index (χ0v) is 29.5. The maximum atomic E-state index is 13.5. The van der Waals surface area contributed by atoms with Crippen LogP contribution < -0.4 is 16.0 Å². The van der Waals surface area contributed by atoms with Crippen LogP contribution in [0.2, 0.25) is 0 Å². The van der Waals surface area contributed by atoms with Crippen molar-refractivity contribution in [3.63, 3.8) is 0 Å². The summed E-state index contributed by atoms with van der Waals surface area (Å²) in [6, 6.07) is 5.49. The molecule has 1 aromatic rings. The number of benzene rings is 1. The van der Waals surface area contributed by atoms with Gasteiger partial charge in [-0.25, -0.2) is 9.59 Å². The number of rotatable bonds is 15. The molecular weight excluding hydrogens is 610 g/mol. The average Bonchev–Trinajstić information content (AvgIpc) is 2.97. The Kier molecular flexibility index (Phi) is 15.1. The highest BCUT2D eigenvalue weighted by Crippen LogP contribution is 2.30. The third-order valence-electron chi connectivity index (χ3n) is 7.40. The van der Waals surface area contributed by atoms with Gasteiger partial charge in [0, 0.05) is 11.8 Å². The van der Waals surface area contributed by atoms with Crippen molar-refractivity contribution >= 4 is 23.9 Å². The number of alkyl carbamates (subject to hydrolysis) is 1. The molecule has 1 heterocycles. The Hall–Kier alpha value is -3.26. The molecule has 3 amide bonds. The van der Waals surface area contributed by atoms with E-state index in [-0.39, 0.29) is 43.7 Å². The molecule has 0 unspecified atom stereocenters. The van der Waals surface area contributed by atoms with Gasteiger partial charge in [-0.3, -0.25) is 9.59 Å². The second-order valence-electron chi connectivity index (χ2n) is 14.0. The number of aliphatic hydroxyl groups excluding tert-OH is 1. The summed E-state index contributed by atoms with van der Waals surface area (Å²) in [7, 11) is 0. The minimum absolute atomic E-state index is 0.0119. The van der Waals surface area contributed by atoms with E-state index in [2.05, 4.69) is 16.0 Å². The number of hydrogen-bond donors (Lipinski definition) is 4. The van der Waals surface area contributed by atoms with Crippen LogP contribution in [0.25, 0.3) is 0 Å². The van der Waals surface area contributed by atoms with Crippen LogP contribution in [0, 0.1) is 17.8 Å². The van der Waals surface area contributed by atoms with Gasteiger partial charge in [0.1, 0.15) is 17.7 Å². The Bertz CT molecular complexity index is 1170. The molecule has 13 heteroatoms. The van der Waals surface area contributed by atoms with E-state index in [9.17, 15) is 24.3 Å². The predicted molar refractivity (Wildman–Crippen MR) is 174 cm³/mol. The van der Waals surface area contributed by atoms with E-state index in [1.165, 1.54) is 6.92 Å². The summed E-state index contributed by atoms with van der Waals surface area (Å²) >= 11 is 0. The molecule has 1 aliphatic rings. The molecule has 13 nitrogen and oxygen atoms in total. The quantitative estimate of drug-likeness (QED) is 0.204. The van der Waals surface area contributed by atoms with Crippen molar-refractivity contribution in [2.24, 2.45) is 17.8 Å². The average molecular weight is 666 g/mol. The number of aliphatic hydroxyl groups is 1. The summed E-state index contributed by atoms with van der Waals surface area (Å²) in [5.41, 5.74) is 0.0695. The minimum atomic E-state index is -1.47. The van der Waals surface area contributed by atoms with Crippen molar-refractivity contribution in [2.75, 3.05) is 19.8 Å². The van der Waals surface area contributed by atoms with Gasteiger partial charge in [-0.15, -0.1) is 0 Å². The molecule has 0 radical (unpaired) electrons. The molecule has 1 saturated heterocycles. The van der Waals surface area contributed by atoms with Crippen molar-refractivity contribution in [1.29, 1.82) is 0 Å². The maximum Gasteiger partial charge on any atom is 0.408 e. The second kappa shape index (κ2) is 17.8. The fraction of sp³-hybridized carbons (Fsp3) is 0.706. The Morgan fingerprint density at radius 3 is 2.15 bits per heavy atom. The topological polar surface area (TPSA) is 171 Å². The highest BCUT2D eigenvalue weighted by atomic mass is 16.7. The highest BCUT2D eigenvalue weighted by Gasteiger charge is 2.38. The van der Waals surface area contributed by atoms with Gasteiger partial charge in [-0.1, -0.05) is 58.0 Å². The lowest BCUT2D eigenvalue weighted by molar-refractivity contribution is -0.301. The van der Waals surface area contributed by atoms with Gasteiger partial charge in [-0.2, -0.15) is 0 Å². The molecule has 0 aliphatic carbocycles. The molecule has 1 aromatic carbocycles. The van der Waals surface area contributed by atoms with Crippen LogP contribution in [0.15, 0.2) is 30.3 Å². The number of carbonyl (C=O) groups excluding carboxylic acids is 4. The Morgan fingerprint density at radius 2 is 1.57 bits per heavy atom. The van der Waals surface area contributed by atoms with Gasteiger partial charge in [-0.05, 0) is 53.0 Å². The van der Waals surface area contributed by atoms with Gasteiger partial charge < -0.3 is 44.7 Å². The molecular formula is C34H55N3O10. The van der Waals surface area contributed by atoms with Crippen LogP contribution in [0.1, 0.15) is 74.8 Å². The van der Waals surface area contributed by atoms with Gasteiger partial charge >= 0.3 is 12.1 Å². The zero-order chi connectivity index (χ0) is 35.5. The molecule has 0 spiro atoms. The fourth-order valence-electron chi connectivity index (χ4n) is 4.91. The first-order chi connectivity index (χ1) is 21.8. The molecule has 1 fully saturated rings. The van der Waals surface area contributed by atoms with Gasteiger partial charge in [0.25, 0.3) is 0 Å². The van der Waals surface area contributed by atoms with Crippen LogP contribution in [0.3, 0.4) is 0 Å². The monoisotopic (exact) mass is 665 g/mol. The number of ether oxygens (including phenoxy) is 5. The minimum Gasteiger partial charge on any atom is -0.464 e. The second-order valence-corrected chi connectivity index (χ2v) is 14.0. The van der Waals surface area contributed by atoms with Crippen LogP contribution in [0.4, 0.5) is 4.79 Å². The van der Waals surface area contributed by atoms with Crippen LogP contribution in [-0.2, 0) is 44.7 Å². The summed E-state index contributed by atoms with van der Waals surface area (Å²) < 4.78 is 28.5. The predicted octanol–water partition coefficient (Wildman–Crippen LogP) is 3.07. The molecule has 7 atom stereocenters. The Morgan fingerprint density at radius 1 is 0.957 bits per heavy atom. The van der Waals surface area contributed by atoms with E-state index in [0.717, 1.165) is 5.56 Å². The van der Waals surface area contributed by atoms with Crippen LogP contribution >= 0.6 is 0 Å². The largest absolute Gasteiger partial charge is 0.464 e. The highest BCUT2D eigenvalue weighted by molar-refractivity contribution is 5.93. The molecule has 2 rings (SSSR count). The Balaban J connectivity index is 2.15. The van der Waals surface area contributed by atoms with E-state index in [1.807, 2.05) is 58.0 Å². The molecule has 0 saturated carbocycles. The summed E-state index contributed by atoms with van der Waals surface area (Å²) in [4.78, 5) is 52.5. The Labute approximate surface area is 278 Å². The zero-order valence-electron chi connectivity index (χ0n) is 29.5. The number of esters is 1. The van der Waals surface area contributed by atoms with Gasteiger partial charge in [0.05, 0.1) is 38.6 Å². The summed E-state index contributed by atoms with van der Waals surface area (Å²) in [5, 5.41) is 18.1. The summed E-state index contributed by atoms with van der Waals surface area (Å²) in [6.45, 7) is 17.8. The van der Waals surface area contributed by atoms with Crippen molar-refractivity contribution in [3.05, 3.63) is 35.9 Å². The molecule has 1 aliphatic heterocycles. The van der Waals surface area contributed by atoms with Gasteiger partial charge in [0.2, 0.25) is 11.8 Å². The number of carbonyl (C=O) groups is 4. The van der Waals surface area contributed by atoms with E-state index in [1.54, 1.807) is 34.6 Å². The van der Waals surface area contributed by atoms with Crippen LogP contribution in [-0.4, -0.2) is 90.5 Å². The van der Waals surface area contributed by atoms with E-state index >= 15 is 0 Å². The lowest BCUT2D eigenvalue weighted by Crippen LogP contribution is -2.60. The fourth-order valence-corrected chi connectivity index (χ4v) is 4.91. The first-order valence-electron chi connectivity index (χ1n) is 16.2. The summed E-state index contributed by atoms with van der Waals surface area (Å²) in [6.07, 6.45) is -2.39. The molecule has 47 heavy (non-hydrogen) atoms. The summed E-state index contributed by atoms with van der Waals surface area (Å²) in [5.74, 6) is -3.58. The first-order valence-corrected chi connectivity index (χ1v) is 16.2.